The number of alkyl halides is 2. The zero-order valence-corrected chi connectivity index (χ0v) is 11.5. The monoisotopic (exact) mass is 312 g/mol. The van der Waals surface area contributed by atoms with E-state index in [0.717, 1.165) is 9.58 Å². The Bertz CT molecular complexity index is 763. The van der Waals surface area contributed by atoms with Crippen molar-refractivity contribution < 1.29 is 13.5 Å². The van der Waals surface area contributed by atoms with E-state index in [1.54, 1.807) is 24.3 Å². The molecular formula is C13H7ClF2N2OS. The molecule has 2 aromatic heterocycles. The average Bonchev–Trinajstić information content (AvgIpc) is 2.84. The highest BCUT2D eigenvalue weighted by molar-refractivity contribution is 7.22. The number of nitrogens with zero attached hydrogens (tertiary/aromatic N) is 2. The quantitative estimate of drug-likeness (QED) is 0.662. The summed E-state index contributed by atoms with van der Waals surface area (Å²) in [7, 11) is 0. The molecule has 0 saturated heterocycles. The van der Waals surface area contributed by atoms with Gasteiger partial charge in [-0.2, -0.15) is 8.78 Å². The van der Waals surface area contributed by atoms with Gasteiger partial charge in [0, 0.05) is 10.4 Å². The van der Waals surface area contributed by atoms with E-state index >= 15 is 0 Å². The molecular weight excluding hydrogens is 306 g/mol. The number of thiophene rings is 1. The lowest BCUT2D eigenvalue weighted by atomic mass is 10.1. The topological polar surface area (TPSA) is 35.0 Å². The Morgan fingerprint density at radius 1 is 1.20 bits per heavy atom. The summed E-state index contributed by atoms with van der Waals surface area (Å²) in [6.45, 7) is -2.87. The maximum absolute atomic E-state index is 12.4. The Morgan fingerprint density at radius 2 is 2.00 bits per heavy atom. The Balaban J connectivity index is 2.13. The van der Waals surface area contributed by atoms with Crippen LogP contribution in [0.5, 0.6) is 5.75 Å². The number of aromatic nitrogens is 2. The van der Waals surface area contributed by atoms with Gasteiger partial charge in [-0.15, -0.1) is 11.3 Å². The van der Waals surface area contributed by atoms with E-state index in [1.807, 2.05) is 0 Å². The van der Waals surface area contributed by atoms with Gasteiger partial charge in [-0.1, -0.05) is 23.7 Å². The second-order valence-corrected chi connectivity index (χ2v) is 5.27. The van der Waals surface area contributed by atoms with Crippen LogP contribution in [-0.4, -0.2) is 16.6 Å². The maximum Gasteiger partial charge on any atom is 0.387 e. The molecule has 3 nitrogen and oxygen atoms in total. The molecule has 0 unspecified atom stereocenters. The first kappa shape index (κ1) is 13.2. The van der Waals surface area contributed by atoms with Crippen LogP contribution >= 0.6 is 22.9 Å². The van der Waals surface area contributed by atoms with Crippen LogP contribution < -0.4 is 4.74 Å². The minimum absolute atomic E-state index is 0.123. The molecule has 0 aliphatic rings. The van der Waals surface area contributed by atoms with Crippen molar-refractivity contribution in [2.24, 2.45) is 0 Å². The van der Waals surface area contributed by atoms with Gasteiger partial charge >= 0.3 is 6.61 Å². The van der Waals surface area contributed by atoms with Crippen LogP contribution in [0.1, 0.15) is 0 Å². The second-order valence-electron chi connectivity index (χ2n) is 3.86. The highest BCUT2D eigenvalue weighted by atomic mass is 35.5. The van der Waals surface area contributed by atoms with Crippen molar-refractivity contribution in [2.75, 3.05) is 0 Å². The molecule has 7 heteroatoms. The molecule has 0 aliphatic heterocycles. The molecule has 0 bridgehead atoms. The van der Waals surface area contributed by atoms with Crippen LogP contribution in [0.2, 0.25) is 5.15 Å². The van der Waals surface area contributed by atoms with E-state index in [9.17, 15) is 8.78 Å². The minimum atomic E-state index is -2.87. The summed E-state index contributed by atoms with van der Waals surface area (Å²) < 4.78 is 30.1. The summed E-state index contributed by atoms with van der Waals surface area (Å²) >= 11 is 7.33. The van der Waals surface area contributed by atoms with E-state index in [2.05, 4.69) is 14.7 Å². The fourth-order valence-corrected chi connectivity index (χ4v) is 3.11. The lowest BCUT2D eigenvalue weighted by Gasteiger charge is -2.08. The fourth-order valence-electron chi connectivity index (χ4n) is 1.83. The maximum atomic E-state index is 12.4. The van der Waals surface area contributed by atoms with Crippen LogP contribution in [0.25, 0.3) is 20.7 Å². The van der Waals surface area contributed by atoms with E-state index in [0.29, 0.717) is 16.2 Å². The third-order valence-electron chi connectivity index (χ3n) is 2.64. The minimum Gasteiger partial charge on any atom is -0.434 e. The predicted octanol–water partition coefficient (Wildman–Crippen LogP) is 4.61. The van der Waals surface area contributed by atoms with Gasteiger partial charge in [-0.3, -0.25) is 0 Å². The Hall–Kier alpha value is -1.79. The zero-order valence-electron chi connectivity index (χ0n) is 9.89. The van der Waals surface area contributed by atoms with E-state index < -0.39 is 6.61 Å². The lowest BCUT2D eigenvalue weighted by molar-refractivity contribution is -0.0494. The van der Waals surface area contributed by atoms with Crippen molar-refractivity contribution >= 4 is 33.2 Å². The van der Waals surface area contributed by atoms with Crippen molar-refractivity contribution in [3.8, 4) is 16.2 Å². The van der Waals surface area contributed by atoms with Crippen molar-refractivity contribution in [3.63, 3.8) is 0 Å². The van der Waals surface area contributed by atoms with Gasteiger partial charge in [0.1, 0.15) is 17.2 Å². The molecule has 0 amide bonds. The Kier molecular flexibility index (Phi) is 3.50. The normalized spacial score (nSPS) is 11.2. The molecule has 3 rings (SSSR count). The smallest absolute Gasteiger partial charge is 0.387 e. The van der Waals surface area contributed by atoms with Crippen molar-refractivity contribution in [1.82, 2.24) is 9.97 Å². The molecule has 102 valence electrons. The van der Waals surface area contributed by atoms with E-state index in [4.69, 9.17) is 11.6 Å². The van der Waals surface area contributed by atoms with Crippen molar-refractivity contribution in [1.29, 1.82) is 0 Å². The number of hydrogen-bond acceptors (Lipinski definition) is 4. The molecule has 0 aliphatic carbocycles. The van der Waals surface area contributed by atoms with Gasteiger partial charge < -0.3 is 4.74 Å². The number of ether oxygens (including phenoxy) is 1. The summed E-state index contributed by atoms with van der Waals surface area (Å²) in [4.78, 5) is 8.75. The number of rotatable bonds is 3. The second kappa shape index (κ2) is 5.30. The lowest BCUT2D eigenvalue weighted by Crippen LogP contribution is -2.02. The molecule has 0 N–H and O–H groups in total. The molecule has 2 heterocycles. The number of halogens is 3. The van der Waals surface area contributed by atoms with Crippen molar-refractivity contribution in [2.45, 2.75) is 6.61 Å². The van der Waals surface area contributed by atoms with Crippen LogP contribution in [0.3, 0.4) is 0 Å². The summed E-state index contributed by atoms with van der Waals surface area (Å²) in [5, 5.41) is 0.346. The predicted molar refractivity (Wildman–Crippen MR) is 74.5 cm³/mol. The van der Waals surface area contributed by atoms with Gasteiger partial charge in [-0.05, 0) is 18.2 Å². The molecule has 0 spiro atoms. The third kappa shape index (κ3) is 2.44. The van der Waals surface area contributed by atoms with E-state index in [-0.39, 0.29) is 5.75 Å². The van der Waals surface area contributed by atoms with Gasteiger partial charge in [0.15, 0.2) is 0 Å². The molecule has 0 radical (unpaired) electrons. The number of hydrogen-bond donors (Lipinski definition) is 0. The first-order valence-corrected chi connectivity index (χ1v) is 6.79. The van der Waals surface area contributed by atoms with Gasteiger partial charge in [0.25, 0.3) is 0 Å². The van der Waals surface area contributed by atoms with E-state index in [1.165, 1.54) is 23.7 Å². The SMILES string of the molecule is FC(F)Oc1ccccc1-c1cc2ncnc(Cl)c2s1. The highest BCUT2D eigenvalue weighted by Gasteiger charge is 2.14. The number of fused-ring (bicyclic) bond motifs is 1. The molecule has 1 aromatic carbocycles. The zero-order chi connectivity index (χ0) is 14.1. The Morgan fingerprint density at radius 3 is 2.75 bits per heavy atom. The Labute approximate surface area is 121 Å². The largest absolute Gasteiger partial charge is 0.434 e. The summed E-state index contributed by atoms with van der Waals surface area (Å²) in [6, 6.07) is 8.39. The molecule has 0 atom stereocenters. The summed E-state index contributed by atoms with van der Waals surface area (Å²) in [5.41, 5.74) is 1.25. The molecule has 3 aromatic rings. The number of benzene rings is 1. The van der Waals surface area contributed by atoms with Crippen LogP contribution in [0, 0.1) is 0 Å². The fraction of sp³-hybridized carbons (Fsp3) is 0.0769. The molecule has 0 fully saturated rings. The van der Waals surface area contributed by atoms with Crippen molar-refractivity contribution in [3.05, 3.63) is 41.8 Å². The summed E-state index contributed by atoms with van der Waals surface area (Å²) in [6.07, 6.45) is 1.36. The highest BCUT2D eigenvalue weighted by Crippen LogP contribution is 2.39. The first-order valence-electron chi connectivity index (χ1n) is 5.59. The molecule has 20 heavy (non-hydrogen) atoms. The first-order chi connectivity index (χ1) is 9.65. The average molecular weight is 313 g/mol. The summed E-state index contributed by atoms with van der Waals surface area (Å²) in [5.74, 6) is 0.123. The standard InChI is InChI=1S/C13H7ClF2N2OS/c14-12-11-8(17-6-18-12)5-10(20-11)7-3-1-2-4-9(7)19-13(15)16/h1-6,13H. The van der Waals surface area contributed by atoms with Crippen LogP contribution in [0.15, 0.2) is 36.7 Å². The van der Waals surface area contributed by atoms with Crippen LogP contribution in [0.4, 0.5) is 8.78 Å². The van der Waals surface area contributed by atoms with Gasteiger partial charge in [-0.25, -0.2) is 9.97 Å². The number of para-hydroxylation sites is 1. The molecule has 0 saturated carbocycles. The van der Waals surface area contributed by atoms with Gasteiger partial charge in [0.05, 0.1) is 10.2 Å². The van der Waals surface area contributed by atoms with Crippen LogP contribution in [-0.2, 0) is 0 Å². The third-order valence-corrected chi connectivity index (χ3v) is 4.20. The van der Waals surface area contributed by atoms with Gasteiger partial charge in [0.2, 0.25) is 0 Å².